The Kier molecular flexibility index (Phi) is 6.17. The zero-order chi connectivity index (χ0) is 26.6. The van der Waals surface area contributed by atoms with Crippen molar-refractivity contribution in [2.45, 2.75) is 70.9 Å². The van der Waals surface area contributed by atoms with Gasteiger partial charge in [-0.25, -0.2) is 0 Å². The molecule has 5 atom stereocenters. The van der Waals surface area contributed by atoms with Gasteiger partial charge in [0.25, 0.3) is 0 Å². The number of nitrogens with one attached hydrogen (secondary N) is 2. The fraction of sp³-hybridized carbons (Fsp3) is 0.625. The average Bonchev–Trinajstić information content (AvgIpc) is 3.19. The van der Waals surface area contributed by atoms with Gasteiger partial charge in [-0.15, -0.1) is 6.58 Å². The number of likely N-dealkylation sites (tertiary alicyclic amines) is 1. The van der Waals surface area contributed by atoms with Crippen LogP contribution < -0.4 is 10.6 Å². The number of hydrogen-bond donors (Lipinski definition) is 2. The van der Waals surface area contributed by atoms with Gasteiger partial charge in [-0.3, -0.25) is 19.1 Å². The third-order valence-corrected chi connectivity index (χ3v) is 8.34. The van der Waals surface area contributed by atoms with E-state index in [0.717, 1.165) is 37.6 Å². The minimum atomic E-state index is -5.18. The highest BCUT2D eigenvalue weighted by atomic mass is 19.4. The Hall–Kier alpha value is -3.36. The van der Waals surface area contributed by atoms with Crippen LogP contribution in [0.15, 0.2) is 18.9 Å². The number of rotatable bonds is 6. The summed E-state index contributed by atoms with van der Waals surface area (Å²) in [4.78, 5) is 39.5. The summed E-state index contributed by atoms with van der Waals surface area (Å²) in [6.07, 6.45) is -0.0543. The van der Waals surface area contributed by atoms with Crippen LogP contribution in [0.5, 0.6) is 0 Å². The number of hydrogen-bond acceptors (Lipinski definition) is 5. The van der Waals surface area contributed by atoms with Gasteiger partial charge in [0.2, 0.25) is 11.8 Å². The number of fused-ring (bicyclic) bond motifs is 2. The van der Waals surface area contributed by atoms with Crippen LogP contribution in [-0.2, 0) is 27.3 Å². The van der Waals surface area contributed by atoms with Crippen LogP contribution >= 0.6 is 0 Å². The first kappa shape index (κ1) is 25.7. The van der Waals surface area contributed by atoms with E-state index in [1.807, 2.05) is 25.5 Å². The molecule has 2 unspecified atom stereocenters. The monoisotopic (exact) mass is 506 g/mol. The highest BCUT2D eigenvalue weighted by Gasteiger charge is 2.77. The van der Waals surface area contributed by atoms with Gasteiger partial charge in [-0.2, -0.15) is 23.5 Å². The number of amides is 3. The molecule has 194 valence electrons. The Balaban J connectivity index is 1.58. The summed E-state index contributed by atoms with van der Waals surface area (Å²) in [5, 5.41) is 18.6. The van der Waals surface area contributed by atoms with Gasteiger partial charge >= 0.3 is 12.1 Å². The Labute approximate surface area is 206 Å². The maximum Gasteiger partial charge on any atom is 0.471 e. The number of alkyl halides is 3. The lowest BCUT2D eigenvalue weighted by Gasteiger charge is -2.33. The Bertz CT molecular complexity index is 1150. The third-order valence-electron chi connectivity index (χ3n) is 8.34. The normalized spacial score (nSPS) is 27.6. The van der Waals surface area contributed by atoms with Gasteiger partial charge in [0.05, 0.1) is 12.3 Å². The number of piperidine rings is 1. The van der Waals surface area contributed by atoms with Crippen LogP contribution in [0.25, 0.3) is 0 Å². The maximum absolute atomic E-state index is 13.6. The van der Waals surface area contributed by atoms with E-state index >= 15 is 0 Å². The number of halogens is 3. The molecule has 36 heavy (non-hydrogen) atoms. The fourth-order valence-corrected chi connectivity index (χ4v) is 6.02. The standard InChI is InChI=1S/C24H29F3N6O3/c1-5-14(31-21(36)24(25,26)27)20(35)32-12-23(4)18(22(23,2)3)17(32)19(34)30-15(10-28)13-11-29-33-9-7-6-8-16(13)33/h5,11,14-15,17-18H,1,6-9,12H2,2-4H3,(H,30,34)(H,31,36)/t14-,15?,17-,18-,23?/m0/s1. The molecule has 2 N–H and O–H groups in total. The smallest absolute Gasteiger partial charge is 0.335 e. The first-order valence-corrected chi connectivity index (χ1v) is 11.8. The van der Waals surface area contributed by atoms with E-state index in [1.54, 1.807) is 11.5 Å². The largest absolute Gasteiger partial charge is 0.471 e. The van der Waals surface area contributed by atoms with Crippen LogP contribution in [-0.4, -0.2) is 57.2 Å². The molecular weight excluding hydrogens is 477 g/mol. The van der Waals surface area contributed by atoms with Gasteiger partial charge in [-0.1, -0.05) is 26.8 Å². The second-order valence-electron chi connectivity index (χ2n) is 10.5. The number of aromatic nitrogens is 2. The molecule has 3 amide bonds. The lowest BCUT2D eigenvalue weighted by atomic mass is 9.95. The lowest BCUT2D eigenvalue weighted by Crippen LogP contribution is -2.56. The van der Waals surface area contributed by atoms with Crippen molar-refractivity contribution in [2.75, 3.05) is 6.54 Å². The summed E-state index contributed by atoms with van der Waals surface area (Å²) in [6.45, 7) is 10.1. The van der Waals surface area contributed by atoms with E-state index in [2.05, 4.69) is 23.1 Å². The quantitative estimate of drug-likeness (QED) is 0.572. The van der Waals surface area contributed by atoms with Gasteiger partial charge < -0.3 is 15.5 Å². The number of carbonyl (C=O) groups excluding carboxylic acids is 3. The average molecular weight is 507 g/mol. The third kappa shape index (κ3) is 3.94. The molecule has 3 heterocycles. The highest BCUT2D eigenvalue weighted by molar-refractivity contribution is 5.95. The first-order chi connectivity index (χ1) is 16.8. The number of nitriles is 1. The minimum absolute atomic E-state index is 0.119. The summed E-state index contributed by atoms with van der Waals surface area (Å²) in [6, 6.07) is -1.58. The molecule has 2 aliphatic heterocycles. The maximum atomic E-state index is 13.6. The molecule has 1 saturated heterocycles. The zero-order valence-corrected chi connectivity index (χ0v) is 20.4. The predicted octanol–water partition coefficient (Wildman–Crippen LogP) is 2.01. The molecule has 1 saturated carbocycles. The van der Waals surface area contributed by atoms with Crippen LogP contribution in [0.4, 0.5) is 13.2 Å². The second kappa shape index (κ2) is 8.64. The van der Waals surface area contributed by atoms with E-state index in [0.29, 0.717) is 5.56 Å². The van der Waals surface area contributed by atoms with Crippen molar-refractivity contribution in [1.29, 1.82) is 5.26 Å². The van der Waals surface area contributed by atoms with Gasteiger partial charge in [0, 0.05) is 30.3 Å². The van der Waals surface area contributed by atoms with E-state index in [-0.39, 0.29) is 17.9 Å². The molecule has 0 aromatic carbocycles. The summed E-state index contributed by atoms with van der Waals surface area (Å²) in [5.74, 6) is -3.98. The summed E-state index contributed by atoms with van der Waals surface area (Å²) in [5.41, 5.74) is 0.707. The first-order valence-electron chi connectivity index (χ1n) is 11.8. The molecule has 0 radical (unpaired) electrons. The fourth-order valence-electron chi connectivity index (χ4n) is 6.02. The molecule has 0 spiro atoms. The van der Waals surface area contributed by atoms with E-state index in [9.17, 15) is 32.8 Å². The molecule has 1 aromatic heterocycles. The van der Waals surface area contributed by atoms with Crippen molar-refractivity contribution in [3.63, 3.8) is 0 Å². The van der Waals surface area contributed by atoms with Crippen LogP contribution in [0.3, 0.4) is 0 Å². The molecule has 1 aromatic rings. The van der Waals surface area contributed by atoms with Crippen LogP contribution in [0.2, 0.25) is 0 Å². The van der Waals surface area contributed by atoms with Crippen LogP contribution in [0.1, 0.15) is 50.9 Å². The van der Waals surface area contributed by atoms with E-state index in [1.165, 1.54) is 4.90 Å². The molecule has 4 rings (SSSR count). The zero-order valence-electron chi connectivity index (χ0n) is 20.4. The van der Waals surface area contributed by atoms with Crippen molar-refractivity contribution in [1.82, 2.24) is 25.3 Å². The summed E-state index contributed by atoms with van der Waals surface area (Å²) < 4.78 is 40.2. The van der Waals surface area contributed by atoms with E-state index in [4.69, 9.17) is 0 Å². The topological polar surface area (TPSA) is 120 Å². The molecule has 3 aliphatic rings. The second-order valence-corrected chi connectivity index (χ2v) is 10.5. The molecular formula is C24H29F3N6O3. The summed E-state index contributed by atoms with van der Waals surface area (Å²) >= 11 is 0. The predicted molar refractivity (Wildman–Crippen MR) is 121 cm³/mol. The van der Waals surface area contributed by atoms with Crippen molar-refractivity contribution >= 4 is 17.7 Å². The Morgan fingerprint density at radius 1 is 1.28 bits per heavy atom. The lowest BCUT2D eigenvalue weighted by molar-refractivity contribution is -0.174. The number of carbonyl (C=O) groups is 3. The molecule has 0 bridgehead atoms. The van der Waals surface area contributed by atoms with Crippen molar-refractivity contribution < 1.29 is 27.6 Å². The Morgan fingerprint density at radius 3 is 2.58 bits per heavy atom. The van der Waals surface area contributed by atoms with Gasteiger partial charge in [0.1, 0.15) is 18.1 Å². The Morgan fingerprint density at radius 2 is 1.97 bits per heavy atom. The van der Waals surface area contributed by atoms with Crippen molar-refractivity contribution in [2.24, 2.45) is 16.7 Å². The van der Waals surface area contributed by atoms with Crippen molar-refractivity contribution in [3.8, 4) is 6.07 Å². The number of aryl methyl sites for hydroxylation is 1. The molecule has 9 nitrogen and oxygen atoms in total. The highest BCUT2D eigenvalue weighted by Crippen LogP contribution is 2.74. The molecule has 2 fully saturated rings. The summed E-state index contributed by atoms with van der Waals surface area (Å²) in [7, 11) is 0. The minimum Gasteiger partial charge on any atom is -0.335 e. The molecule has 1 aliphatic carbocycles. The van der Waals surface area contributed by atoms with Gasteiger partial charge in [0.15, 0.2) is 0 Å². The van der Waals surface area contributed by atoms with E-state index < -0.39 is 47.4 Å². The van der Waals surface area contributed by atoms with Gasteiger partial charge in [-0.05, 0) is 30.1 Å². The number of nitrogens with zero attached hydrogens (tertiary/aromatic N) is 4. The molecule has 12 heteroatoms. The van der Waals surface area contributed by atoms with Crippen molar-refractivity contribution in [3.05, 3.63) is 30.1 Å². The SMILES string of the molecule is C=C[C@H](NC(=O)C(F)(F)F)C(=O)N1CC2(C)[C@@H]([C@H]1C(=O)NC(C#N)c1cnn3c1CCCC3)C2(C)C. The van der Waals surface area contributed by atoms with Crippen LogP contribution in [0, 0.1) is 28.1 Å².